The highest BCUT2D eigenvalue weighted by molar-refractivity contribution is 6.32. The van der Waals surface area contributed by atoms with Crippen molar-refractivity contribution >= 4 is 29.0 Å². The van der Waals surface area contributed by atoms with Crippen LogP contribution in [0, 0.1) is 13.8 Å². The number of carbonyl (C=O) groups is 1. The number of benzene rings is 1. The SMILES string of the molecule is Cc1ccc(N2CC(Nc3nc(C)ncc3Cl)CC2=O)cc1. The van der Waals surface area contributed by atoms with Crippen molar-refractivity contribution < 1.29 is 4.79 Å². The van der Waals surface area contributed by atoms with E-state index in [1.807, 2.05) is 31.2 Å². The number of aryl methyl sites for hydroxylation is 2. The van der Waals surface area contributed by atoms with Crippen molar-refractivity contribution in [2.75, 3.05) is 16.8 Å². The number of nitrogens with one attached hydrogen (secondary N) is 1. The molecule has 1 N–H and O–H groups in total. The summed E-state index contributed by atoms with van der Waals surface area (Å²) in [6.45, 7) is 4.43. The van der Waals surface area contributed by atoms with Crippen molar-refractivity contribution in [3.8, 4) is 0 Å². The van der Waals surface area contributed by atoms with Crippen LogP contribution in [-0.2, 0) is 4.79 Å². The lowest BCUT2D eigenvalue weighted by Gasteiger charge is -2.18. The van der Waals surface area contributed by atoms with Crippen LogP contribution in [0.1, 0.15) is 17.8 Å². The smallest absolute Gasteiger partial charge is 0.229 e. The molecule has 2 heterocycles. The van der Waals surface area contributed by atoms with Gasteiger partial charge in [-0.1, -0.05) is 29.3 Å². The number of halogens is 1. The zero-order valence-electron chi connectivity index (χ0n) is 12.5. The summed E-state index contributed by atoms with van der Waals surface area (Å²) in [5, 5.41) is 3.71. The van der Waals surface area contributed by atoms with Gasteiger partial charge in [-0.3, -0.25) is 4.79 Å². The zero-order valence-corrected chi connectivity index (χ0v) is 13.3. The van der Waals surface area contributed by atoms with Crippen LogP contribution in [0.3, 0.4) is 0 Å². The number of aromatic nitrogens is 2. The predicted molar refractivity (Wildman–Crippen MR) is 87.3 cm³/mol. The van der Waals surface area contributed by atoms with Crippen molar-refractivity contribution in [1.82, 2.24) is 9.97 Å². The van der Waals surface area contributed by atoms with Gasteiger partial charge in [0.1, 0.15) is 16.7 Å². The first-order chi connectivity index (χ1) is 10.5. The number of rotatable bonds is 3. The van der Waals surface area contributed by atoms with Crippen LogP contribution < -0.4 is 10.2 Å². The standard InChI is InChI=1S/C16H17ClN4O/c1-10-3-5-13(6-4-10)21-9-12(7-15(21)22)20-16-14(17)8-18-11(2)19-16/h3-6,8,12H,7,9H2,1-2H3,(H,18,19,20). The lowest BCUT2D eigenvalue weighted by Crippen LogP contribution is -2.28. The summed E-state index contributed by atoms with van der Waals surface area (Å²) in [7, 11) is 0. The second kappa shape index (κ2) is 5.93. The highest BCUT2D eigenvalue weighted by Gasteiger charge is 2.31. The van der Waals surface area contributed by atoms with Gasteiger partial charge in [-0.25, -0.2) is 9.97 Å². The van der Waals surface area contributed by atoms with E-state index in [1.165, 1.54) is 5.56 Å². The van der Waals surface area contributed by atoms with Crippen LogP contribution in [-0.4, -0.2) is 28.5 Å². The maximum absolute atomic E-state index is 12.2. The third-order valence-electron chi connectivity index (χ3n) is 3.68. The van der Waals surface area contributed by atoms with Crippen LogP contribution in [0.4, 0.5) is 11.5 Å². The Morgan fingerprint density at radius 1 is 1.27 bits per heavy atom. The van der Waals surface area contributed by atoms with Crippen molar-refractivity contribution in [3.05, 3.63) is 46.9 Å². The Balaban J connectivity index is 1.74. The van der Waals surface area contributed by atoms with Gasteiger partial charge in [-0.05, 0) is 26.0 Å². The minimum absolute atomic E-state index is 0.0133. The minimum atomic E-state index is -0.0133. The molecule has 1 saturated heterocycles. The monoisotopic (exact) mass is 316 g/mol. The van der Waals surface area contributed by atoms with E-state index in [1.54, 1.807) is 18.0 Å². The van der Waals surface area contributed by atoms with Gasteiger partial charge >= 0.3 is 0 Å². The fourth-order valence-electron chi connectivity index (χ4n) is 2.53. The minimum Gasteiger partial charge on any atom is -0.364 e. The quantitative estimate of drug-likeness (QED) is 0.946. The number of nitrogens with zero attached hydrogens (tertiary/aromatic N) is 3. The third kappa shape index (κ3) is 3.04. The van der Waals surface area contributed by atoms with Crippen LogP contribution in [0.2, 0.25) is 5.02 Å². The molecule has 6 heteroatoms. The number of hydrogen-bond donors (Lipinski definition) is 1. The Hall–Kier alpha value is -2.14. The number of amides is 1. The molecule has 0 aliphatic carbocycles. The molecule has 1 unspecified atom stereocenters. The van der Waals surface area contributed by atoms with Crippen molar-refractivity contribution in [2.45, 2.75) is 26.3 Å². The summed E-state index contributed by atoms with van der Waals surface area (Å²) in [4.78, 5) is 22.3. The molecule has 1 fully saturated rings. The summed E-state index contributed by atoms with van der Waals surface area (Å²) in [6, 6.07) is 7.94. The number of hydrogen-bond acceptors (Lipinski definition) is 4. The van der Waals surface area contributed by atoms with Gasteiger partial charge in [0.05, 0.1) is 12.2 Å². The van der Waals surface area contributed by atoms with E-state index in [0.29, 0.717) is 29.6 Å². The Labute approximate surface area is 134 Å². The van der Waals surface area contributed by atoms with Crippen LogP contribution in [0.25, 0.3) is 0 Å². The van der Waals surface area contributed by atoms with Crippen LogP contribution >= 0.6 is 11.6 Å². The van der Waals surface area contributed by atoms with E-state index in [9.17, 15) is 4.79 Å². The molecule has 0 radical (unpaired) electrons. The van der Waals surface area contributed by atoms with Gasteiger partial charge in [0.2, 0.25) is 5.91 Å². The normalized spacial score (nSPS) is 17.9. The Kier molecular flexibility index (Phi) is 3.98. The van der Waals surface area contributed by atoms with Crippen molar-refractivity contribution in [3.63, 3.8) is 0 Å². The number of carbonyl (C=O) groups excluding carboxylic acids is 1. The second-order valence-corrected chi connectivity index (χ2v) is 5.91. The molecule has 0 spiro atoms. The molecule has 2 aromatic rings. The van der Waals surface area contributed by atoms with Crippen molar-refractivity contribution in [1.29, 1.82) is 0 Å². The molecule has 0 saturated carbocycles. The van der Waals surface area contributed by atoms with E-state index in [4.69, 9.17) is 11.6 Å². The largest absolute Gasteiger partial charge is 0.364 e. The summed E-state index contributed by atoms with van der Waals surface area (Å²) in [5.74, 6) is 1.33. The summed E-state index contributed by atoms with van der Waals surface area (Å²) < 4.78 is 0. The molecule has 1 aromatic carbocycles. The molecule has 1 aliphatic rings. The van der Waals surface area contributed by atoms with Gasteiger partial charge in [0.15, 0.2) is 0 Å². The van der Waals surface area contributed by atoms with E-state index >= 15 is 0 Å². The van der Waals surface area contributed by atoms with Crippen LogP contribution in [0.15, 0.2) is 30.5 Å². The molecular formula is C16H17ClN4O. The molecule has 0 bridgehead atoms. The van der Waals surface area contributed by atoms with E-state index in [2.05, 4.69) is 15.3 Å². The maximum atomic E-state index is 12.2. The average molecular weight is 317 g/mol. The van der Waals surface area contributed by atoms with E-state index < -0.39 is 0 Å². The molecule has 1 amide bonds. The first-order valence-corrected chi connectivity index (χ1v) is 7.53. The first kappa shape index (κ1) is 14.8. The van der Waals surface area contributed by atoms with Crippen LogP contribution in [0.5, 0.6) is 0 Å². The van der Waals surface area contributed by atoms with Gasteiger partial charge in [0.25, 0.3) is 0 Å². The third-order valence-corrected chi connectivity index (χ3v) is 3.95. The van der Waals surface area contributed by atoms with E-state index in [0.717, 1.165) is 5.69 Å². The second-order valence-electron chi connectivity index (χ2n) is 5.50. The lowest BCUT2D eigenvalue weighted by atomic mass is 10.2. The fraction of sp³-hybridized carbons (Fsp3) is 0.312. The molecule has 1 aromatic heterocycles. The maximum Gasteiger partial charge on any atom is 0.229 e. The molecule has 114 valence electrons. The van der Waals surface area contributed by atoms with Gasteiger partial charge in [0, 0.05) is 18.7 Å². The average Bonchev–Trinajstić information content (AvgIpc) is 2.84. The zero-order chi connectivity index (χ0) is 15.7. The topological polar surface area (TPSA) is 58.1 Å². The van der Waals surface area contributed by atoms with E-state index in [-0.39, 0.29) is 11.9 Å². The van der Waals surface area contributed by atoms with Gasteiger partial charge in [-0.2, -0.15) is 0 Å². The number of anilines is 2. The highest BCUT2D eigenvalue weighted by atomic mass is 35.5. The highest BCUT2D eigenvalue weighted by Crippen LogP contribution is 2.25. The fourth-order valence-corrected chi connectivity index (χ4v) is 2.67. The lowest BCUT2D eigenvalue weighted by molar-refractivity contribution is -0.117. The molecule has 3 rings (SSSR count). The summed E-state index contributed by atoms with van der Waals surface area (Å²) in [5.41, 5.74) is 2.10. The molecule has 22 heavy (non-hydrogen) atoms. The summed E-state index contributed by atoms with van der Waals surface area (Å²) >= 11 is 6.10. The molecular weight excluding hydrogens is 300 g/mol. The summed E-state index contributed by atoms with van der Waals surface area (Å²) in [6.07, 6.45) is 1.99. The van der Waals surface area contributed by atoms with Crippen molar-refractivity contribution in [2.24, 2.45) is 0 Å². The molecule has 1 aliphatic heterocycles. The first-order valence-electron chi connectivity index (χ1n) is 7.15. The molecule has 1 atom stereocenters. The van der Waals surface area contributed by atoms with Gasteiger partial charge < -0.3 is 10.2 Å². The van der Waals surface area contributed by atoms with Gasteiger partial charge in [-0.15, -0.1) is 0 Å². The molecule has 5 nitrogen and oxygen atoms in total. The Morgan fingerprint density at radius 2 is 2.00 bits per heavy atom. The Morgan fingerprint density at radius 3 is 2.73 bits per heavy atom. The Bertz CT molecular complexity index is 702. The predicted octanol–water partition coefficient (Wildman–Crippen LogP) is 2.96.